The number of fused-ring (bicyclic) bond motifs is 1. The molecule has 4 aromatic rings. The van der Waals surface area contributed by atoms with Gasteiger partial charge in [-0.05, 0) is 77.5 Å². The van der Waals surface area contributed by atoms with Crippen molar-refractivity contribution in [3.63, 3.8) is 0 Å². The smallest absolute Gasteiger partial charge is 0.256 e. The Bertz CT molecular complexity index is 1170. The Labute approximate surface area is 174 Å². The fourth-order valence-corrected chi connectivity index (χ4v) is 3.59. The van der Waals surface area contributed by atoms with E-state index in [0.29, 0.717) is 33.3 Å². The molecule has 0 aliphatic heterocycles. The molecule has 0 atom stereocenters. The molecular formula is C21H14ClIN2O2. The first kappa shape index (κ1) is 18.0. The van der Waals surface area contributed by atoms with Gasteiger partial charge in [0.15, 0.2) is 5.58 Å². The van der Waals surface area contributed by atoms with E-state index < -0.39 is 0 Å². The van der Waals surface area contributed by atoms with E-state index in [1.165, 1.54) is 0 Å². The van der Waals surface area contributed by atoms with Gasteiger partial charge in [-0.25, -0.2) is 4.98 Å². The number of oxazole rings is 1. The van der Waals surface area contributed by atoms with Crippen LogP contribution in [-0.4, -0.2) is 10.9 Å². The summed E-state index contributed by atoms with van der Waals surface area (Å²) in [5.74, 6) is 0.243. The summed E-state index contributed by atoms with van der Waals surface area (Å²) in [5.41, 5.74) is 4.43. The van der Waals surface area contributed by atoms with Gasteiger partial charge in [-0.2, -0.15) is 0 Å². The molecule has 0 saturated heterocycles. The van der Waals surface area contributed by atoms with Crippen LogP contribution in [0.15, 0.2) is 65.1 Å². The van der Waals surface area contributed by atoms with Gasteiger partial charge in [0.25, 0.3) is 5.91 Å². The van der Waals surface area contributed by atoms with E-state index in [-0.39, 0.29) is 5.91 Å². The van der Waals surface area contributed by atoms with E-state index in [4.69, 9.17) is 16.0 Å². The van der Waals surface area contributed by atoms with Crippen LogP contribution in [-0.2, 0) is 0 Å². The average molecular weight is 489 g/mol. The third kappa shape index (κ3) is 3.70. The van der Waals surface area contributed by atoms with Gasteiger partial charge in [0, 0.05) is 9.26 Å². The number of benzene rings is 3. The number of amides is 1. The molecule has 1 amide bonds. The number of carbonyl (C=O) groups is 1. The van der Waals surface area contributed by atoms with Gasteiger partial charge >= 0.3 is 0 Å². The van der Waals surface area contributed by atoms with Gasteiger partial charge in [0.1, 0.15) is 5.52 Å². The summed E-state index contributed by atoms with van der Waals surface area (Å²) in [7, 11) is 0. The van der Waals surface area contributed by atoms with E-state index >= 15 is 0 Å². The second-order valence-corrected chi connectivity index (χ2v) is 7.69. The molecule has 4 rings (SSSR count). The number of halogens is 2. The molecule has 6 heteroatoms. The molecule has 134 valence electrons. The summed E-state index contributed by atoms with van der Waals surface area (Å²) in [4.78, 5) is 17.1. The molecule has 0 fully saturated rings. The van der Waals surface area contributed by atoms with E-state index in [2.05, 4.69) is 32.9 Å². The van der Waals surface area contributed by atoms with E-state index in [9.17, 15) is 4.79 Å². The third-order valence-electron chi connectivity index (χ3n) is 4.12. The fraction of sp³-hybridized carbons (Fsp3) is 0.0476. The SMILES string of the molecule is Cc1ccc2nc(-c3cc(NC(=O)c4ccccc4I)ccc3Cl)oc2c1. The first-order chi connectivity index (χ1) is 13.0. The third-order valence-corrected chi connectivity index (χ3v) is 5.39. The van der Waals surface area contributed by atoms with Crippen LogP contribution in [0.4, 0.5) is 5.69 Å². The summed E-state index contributed by atoms with van der Waals surface area (Å²) in [6.45, 7) is 2.00. The standard InChI is InChI=1S/C21H14ClIN2O2/c1-12-6-9-18-19(10-12)27-21(25-18)15-11-13(7-8-16(15)22)24-20(26)14-4-2-3-5-17(14)23/h2-11H,1H3,(H,24,26). The average Bonchev–Trinajstić information content (AvgIpc) is 3.06. The minimum Gasteiger partial charge on any atom is -0.436 e. The van der Waals surface area contributed by atoms with Crippen molar-refractivity contribution in [3.05, 3.63) is 80.4 Å². The van der Waals surface area contributed by atoms with Crippen LogP contribution in [0.2, 0.25) is 5.02 Å². The number of nitrogens with one attached hydrogen (secondary N) is 1. The number of carbonyl (C=O) groups excluding carboxylic acids is 1. The van der Waals surface area contributed by atoms with Crippen molar-refractivity contribution in [1.29, 1.82) is 0 Å². The number of hydrogen-bond acceptors (Lipinski definition) is 3. The van der Waals surface area contributed by atoms with Gasteiger partial charge in [0.2, 0.25) is 5.89 Å². The van der Waals surface area contributed by atoms with Crippen molar-refractivity contribution in [1.82, 2.24) is 4.98 Å². The molecule has 3 aromatic carbocycles. The Morgan fingerprint density at radius 1 is 1.11 bits per heavy atom. The molecule has 0 unspecified atom stereocenters. The second-order valence-electron chi connectivity index (χ2n) is 6.12. The van der Waals surface area contributed by atoms with Crippen molar-refractivity contribution in [3.8, 4) is 11.5 Å². The zero-order chi connectivity index (χ0) is 19.0. The lowest BCUT2D eigenvalue weighted by Crippen LogP contribution is -2.13. The van der Waals surface area contributed by atoms with Crippen LogP contribution in [0, 0.1) is 10.5 Å². The topological polar surface area (TPSA) is 55.1 Å². The second kappa shape index (κ2) is 7.32. The Kier molecular flexibility index (Phi) is 4.88. The molecule has 0 radical (unpaired) electrons. The summed E-state index contributed by atoms with van der Waals surface area (Å²) in [5, 5.41) is 3.41. The molecular weight excluding hydrogens is 475 g/mol. The molecule has 1 aromatic heterocycles. The zero-order valence-corrected chi connectivity index (χ0v) is 17.2. The Hall–Kier alpha value is -2.38. The number of nitrogens with zero attached hydrogens (tertiary/aromatic N) is 1. The van der Waals surface area contributed by atoms with E-state index in [0.717, 1.165) is 14.7 Å². The highest BCUT2D eigenvalue weighted by molar-refractivity contribution is 14.1. The maximum absolute atomic E-state index is 12.6. The molecule has 1 heterocycles. The Balaban J connectivity index is 1.68. The van der Waals surface area contributed by atoms with Crippen LogP contribution in [0.25, 0.3) is 22.6 Å². The van der Waals surface area contributed by atoms with E-state index in [1.54, 1.807) is 24.3 Å². The number of hydrogen-bond donors (Lipinski definition) is 1. The maximum Gasteiger partial charge on any atom is 0.256 e. The maximum atomic E-state index is 12.6. The molecule has 4 nitrogen and oxygen atoms in total. The highest BCUT2D eigenvalue weighted by Crippen LogP contribution is 2.32. The molecule has 1 N–H and O–H groups in total. The molecule has 0 aliphatic rings. The molecule has 0 bridgehead atoms. The van der Waals surface area contributed by atoms with Crippen LogP contribution in [0.5, 0.6) is 0 Å². The highest BCUT2D eigenvalue weighted by atomic mass is 127. The lowest BCUT2D eigenvalue weighted by atomic mass is 10.1. The first-order valence-corrected chi connectivity index (χ1v) is 9.70. The zero-order valence-electron chi connectivity index (χ0n) is 14.3. The lowest BCUT2D eigenvalue weighted by molar-refractivity contribution is 0.102. The quantitative estimate of drug-likeness (QED) is 0.344. The van der Waals surface area contributed by atoms with E-state index in [1.807, 2.05) is 43.3 Å². The number of anilines is 1. The largest absolute Gasteiger partial charge is 0.436 e. The summed E-state index contributed by atoms with van der Waals surface area (Å²) < 4.78 is 6.76. The van der Waals surface area contributed by atoms with Crippen molar-refractivity contribution >= 4 is 56.9 Å². The highest BCUT2D eigenvalue weighted by Gasteiger charge is 2.15. The number of rotatable bonds is 3. The van der Waals surface area contributed by atoms with Gasteiger partial charge in [-0.15, -0.1) is 0 Å². The van der Waals surface area contributed by atoms with Gasteiger partial charge in [0.05, 0.1) is 16.1 Å². The summed E-state index contributed by atoms with van der Waals surface area (Å²) in [6.07, 6.45) is 0. The summed E-state index contributed by atoms with van der Waals surface area (Å²) in [6, 6.07) is 18.5. The lowest BCUT2D eigenvalue weighted by Gasteiger charge is -2.08. The van der Waals surface area contributed by atoms with Crippen LogP contribution in [0.1, 0.15) is 15.9 Å². The van der Waals surface area contributed by atoms with Crippen molar-refractivity contribution in [2.75, 3.05) is 5.32 Å². The molecule has 0 spiro atoms. The van der Waals surface area contributed by atoms with Gasteiger partial charge in [-0.1, -0.05) is 29.8 Å². The molecule has 0 saturated carbocycles. The molecule has 27 heavy (non-hydrogen) atoms. The normalized spacial score (nSPS) is 10.9. The minimum atomic E-state index is -0.179. The van der Waals surface area contributed by atoms with Crippen molar-refractivity contribution < 1.29 is 9.21 Å². The van der Waals surface area contributed by atoms with Gasteiger partial charge in [-0.3, -0.25) is 4.79 Å². The number of aromatic nitrogens is 1. The molecule has 0 aliphatic carbocycles. The van der Waals surface area contributed by atoms with Crippen LogP contribution < -0.4 is 5.32 Å². The Morgan fingerprint density at radius 3 is 2.74 bits per heavy atom. The first-order valence-electron chi connectivity index (χ1n) is 8.24. The number of aryl methyl sites for hydroxylation is 1. The summed E-state index contributed by atoms with van der Waals surface area (Å²) >= 11 is 8.50. The van der Waals surface area contributed by atoms with Crippen molar-refractivity contribution in [2.45, 2.75) is 6.92 Å². The monoisotopic (exact) mass is 488 g/mol. The van der Waals surface area contributed by atoms with Crippen molar-refractivity contribution in [2.24, 2.45) is 0 Å². The fourth-order valence-electron chi connectivity index (χ4n) is 2.76. The van der Waals surface area contributed by atoms with Gasteiger partial charge < -0.3 is 9.73 Å². The van der Waals surface area contributed by atoms with Crippen LogP contribution >= 0.6 is 34.2 Å². The predicted octanol–water partition coefficient (Wildman–Crippen LogP) is 6.31. The van der Waals surface area contributed by atoms with Crippen LogP contribution in [0.3, 0.4) is 0 Å². The minimum absolute atomic E-state index is 0.179. The Morgan fingerprint density at radius 2 is 1.93 bits per heavy atom. The predicted molar refractivity (Wildman–Crippen MR) is 116 cm³/mol.